The molecular formula is C27H26N5O5S+. The van der Waals surface area contributed by atoms with Gasteiger partial charge in [0.1, 0.15) is 17.8 Å². The number of aromatic nitrogens is 2. The number of fused-ring (bicyclic) bond motifs is 2. The Morgan fingerprint density at radius 1 is 1.16 bits per heavy atom. The van der Waals surface area contributed by atoms with E-state index < -0.39 is 22.4 Å². The number of rotatable bonds is 8. The highest BCUT2D eigenvalue weighted by atomic mass is 32.3. The van der Waals surface area contributed by atoms with Crippen LogP contribution in [0.3, 0.4) is 0 Å². The number of benzene rings is 2. The van der Waals surface area contributed by atoms with Gasteiger partial charge in [-0.05, 0) is 70.6 Å². The Morgan fingerprint density at radius 2 is 2.00 bits per heavy atom. The molecule has 0 radical (unpaired) electrons. The van der Waals surface area contributed by atoms with Crippen molar-refractivity contribution in [3.8, 4) is 6.07 Å². The Balaban J connectivity index is 1.43. The SMILES string of the molecule is N#Cc1cccn1CCC(N[S+](=O)(O)c1cccc2[nH]ccc12)C(=O)N1CCc2ccc(C(=O)O)cc2C1. The number of nitriles is 1. The van der Waals surface area contributed by atoms with Gasteiger partial charge in [-0.25, -0.2) is 4.79 Å². The van der Waals surface area contributed by atoms with E-state index in [9.17, 15) is 28.7 Å². The standard InChI is InChI=1S/C27H25N5O5S/c28-16-21-3-2-12-31(21)14-10-24(30-38(36,37)25-5-1-4-23-22(25)8-11-29-23)26(33)32-13-9-18-6-7-19(27(34)35)15-20(18)17-32/h1-8,11-12,15,24H,9-10,13-14,17H2,(H3-,29,30,34,35,36,37)/p+1. The first-order chi connectivity index (χ1) is 18.3. The van der Waals surface area contributed by atoms with Crippen molar-refractivity contribution < 1.29 is 23.5 Å². The van der Waals surface area contributed by atoms with Gasteiger partial charge in [-0.3, -0.25) is 4.79 Å². The summed E-state index contributed by atoms with van der Waals surface area (Å²) in [4.78, 5) is 30.0. The maximum absolute atomic E-state index is 13.8. The maximum atomic E-state index is 13.8. The van der Waals surface area contributed by atoms with Gasteiger partial charge in [0.2, 0.25) is 10.8 Å². The van der Waals surface area contributed by atoms with E-state index in [-0.39, 0.29) is 35.9 Å². The zero-order valence-corrected chi connectivity index (χ0v) is 21.1. The van der Waals surface area contributed by atoms with E-state index in [1.165, 1.54) is 0 Å². The molecule has 10 nitrogen and oxygen atoms in total. The first-order valence-corrected chi connectivity index (χ1v) is 13.6. The first kappa shape index (κ1) is 25.4. The van der Waals surface area contributed by atoms with Crippen molar-refractivity contribution in [3.63, 3.8) is 0 Å². The topological polar surface area (TPSA) is 151 Å². The molecule has 194 valence electrons. The van der Waals surface area contributed by atoms with E-state index in [0.717, 1.165) is 11.1 Å². The lowest BCUT2D eigenvalue weighted by Gasteiger charge is -2.32. The number of carboxylic acid groups (broad SMARTS) is 1. The van der Waals surface area contributed by atoms with Gasteiger partial charge in [0.15, 0.2) is 0 Å². The maximum Gasteiger partial charge on any atom is 0.335 e. The minimum atomic E-state index is -3.84. The number of aryl methyl sites for hydroxylation is 1. The van der Waals surface area contributed by atoms with Crippen molar-refractivity contribution >= 4 is 33.2 Å². The van der Waals surface area contributed by atoms with E-state index in [4.69, 9.17) is 0 Å². The van der Waals surface area contributed by atoms with Crippen molar-refractivity contribution in [2.24, 2.45) is 0 Å². The molecule has 0 bridgehead atoms. The quantitative estimate of drug-likeness (QED) is 0.255. The van der Waals surface area contributed by atoms with Crippen LogP contribution in [0.1, 0.15) is 33.6 Å². The van der Waals surface area contributed by atoms with Gasteiger partial charge in [-0.2, -0.15) is 9.81 Å². The van der Waals surface area contributed by atoms with Crippen LogP contribution < -0.4 is 4.72 Å². The summed E-state index contributed by atoms with van der Waals surface area (Å²) in [6.45, 7) is 0.862. The van der Waals surface area contributed by atoms with Crippen molar-refractivity contribution in [2.75, 3.05) is 6.54 Å². The van der Waals surface area contributed by atoms with Crippen LogP contribution in [0.5, 0.6) is 0 Å². The Kier molecular flexibility index (Phi) is 6.86. The normalized spacial score (nSPS) is 15.4. The molecule has 0 saturated carbocycles. The zero-order chi connectivity index (χ0) is 26.9. The second-order valence-corrected chi connectivity index (χ2v) is 10.9. The number of carbonyl (C=O) groups is 2. The third-order valence-corrected chi connectivity index (χ3v) is 8.39. The van der Waals surface area contributed by atoms with Crippen LogP contribution in [0, 0.1) is 11.3 Å². The molecule has 4 N–H and O–H groups in total. The number of nitrogens with one attached hydrogen (secondary N) is 2. The highest BCUT2D eigenvalue weighted by Gasteiger charge is 2.39. The van der Waals surface area contributed by atoms with Gasteiger partial charge in [0.05, 0.1) is 16.5 Å². The van der Waals surface area contributed by atoms with Crippen LogP contribution >= 0.6 is 0 Å². The minimum absolute atomic E-state index is 0.141. The molecule has 2 aromatic carbocycles. The van der Waals surface area contributed by atoms with Crippen molar-refractivity contribution in [1.82, 2.24) is 19.2 Å². The van der Waals surface area contributed by atoms with Crippen molar-refractivity contribution in [2.45, 2.75) is 36.9 Å². The fourth-order valence-electron chi connectivity index (χ4n) is 4.86. The van der Waals surface area contributed by atoms with E-state index >= 15 is 0 Å². The number of hydrogen-bond acceptors (Lipinski definition) is 4. The summed E-state index contributed by atoms with van der Waals surface area (Å²) in [6, 6.07) is 16.1. The van der Waals surface area contributed by atoms with Crippen LogP contribution in [0.25, 0.3) is 10.9 Å². The van der Waals surface area contributed by atoms with Crippen LogP contribution in [0.4, 0.5) is 0 Å². The largest absolute Gasteiger partial charge is 0.478 e. The van der Waals surface area contributed by atoms with Gasteiger partial charge in [0.25, 0.3) is 0 Å². The van der Waals surface area contributed by atoms with E-state index in [1.807, 2.05) is 0 Å². The van der Waals surface area contributed by atoms with E-state index in [0.29, 0.717) is 29.6 Å². The summed E-state index contributed by atoms with van der Waals surface area (Å²) < 4.78 is 29.2. The average Bonchev–Trinajstić information content (AvgIpc) is 3.59. The lowest BCUT2D eigenvalue weighted by atomic mass is 9.96. The summed E-state index contributed by atoms with van der Waals surface area (Å²) in [5.74, 6) is -1.42. The fraction of sp³-hybridized carbons (Fsp3) is 0.222. The summed E-state index contributed by atoms with van der Waals surface area (Å²) in [5.41, 5.74) is 2.97. The van der Waals surface area contributed by atoms with Gasteiger partial charge in [-0.1, -0.05) is 16.9 Å². The molecule has 5 rings (SSSR count). The van der Waals surface area contributed by atoms with E-state index in [2.05, 4.69) is 15.8 Å². The molecule has 2 atom stereocenters. The number of carbonyl (C=O) groups excluding carboxylic acids is 1. The third-order valence-electron chi connectivity index (χ3n) is 6.83. The summed E-state index contributed by atoms with van der Waals surface area (Å²) in [6.07, 6.45) is 4.10. The molecule has 0 fully saturated rings. The van der Waals surface area contributed by atoms with Crippen molar-refractivity contribution in [1.29, 1.82) is 5.26 Å². The third kappa shape index (κ3) is 4.97. The zero-order valence-electron chi connectivity index (χ0n) is 20.3. The molecule has 3 heterocycles. The summed E-state index contributed by atoms with van der Waals surface area (Å²) in [7, 11) is -3.84. The second-order valence-electron chi connectivity index (χ2n) is 9.18. The molecule has 0 spiro atoms. The van der Waals surface area contributed by atoms with Gasteiger partial charge in [-0.15, -0.1) is 0 Å². The lowest BCUT2D eigenvalue weighted by Crippen LogP contribution is -2.51. The molecule has 38 heavy (non-hydrogen) atoms. The minimum Gasteiger partial charge on any atom is -0.478 e. The van der Waals surface area contributed by atoms with Gasteiger partial charge < -0.3 is 19.6 Å². The number of nitrogens with zero attached hydrogens (tertiary/aromatic N) is 3. The molecule has 0 saturated heterocycles. The van der Waals surface area contributed by atoms with Crippen LogP contribution in [-0.4, -0.2) is 48.6 Å². The number of amides is 1. The van der Waals surface area contributed by atoms with E-state index in [1.54, 1.807) is 76.5 Å². The first-order valence-electron chi connectivity index (χ1n) is 12.1. The van der Waals surface area contributed by atoms with Crippen molar-refractivity contribution in [3.05, 3.63) is 89.4 Å². The number of carboxylic acids is 1. The predicted molar refractivity (Wildman–Crippen MR) is 140 cm³/mol. The smallest absolute Gasteiger partial charge is 0.335 e. The van der Waals surface area contributed by atoms with Gasteiger partial charge >= 0.3 is 16.4 Å². The summed E-state index contributed by atoms with van der Waals surface area (Å²) >= 11 is 0. The Hall–Kier alpha value is -4.24. The van der Waals surface area contributed by atoms with Gasteiger partial charge in [0, 0.05) is 32.0 Å². The lowest BCUT2D eigenvalue weighted by molar-refractivity contribution is -0.134. The molecule has 11 heteroatoms. The highest BCUT2D eigenvalue weighted by Crippen LogP contribution is 2.27. The predicted octanol–water partition coefficient (Wildman–Crippen LogP) is 3.42. The second kappa shape index (κ2) is 10.3. The summed E-state index contributed by atoms with van der Waals surface area (Å²) in [5, 5.41) is 19.3. The molecule has 2 aromatic heterocycles. The Morgan fingerprint density at radius 3 is 2.79 bits per heavy atom. The number of aromatic carboxylic acids is 1. The molecule has 1 aliphatic rings. The molecular weight excluding hydrogens is 506 g/mol. The average molecular weight is 533 g/mol. The van der Waals surface area contributed by atoms with Crippen LogP contribution in [-0.2, 0) is 38.9 Å². The Bertz CT molecular complexity index is 1620. The molecule has 1 aliphatic heterocycles. The molecule has 0 aliphatic carbocycles. The number of H-pyrrole nitrogens is 1. The Labute approximate surface area is 219 Å². The van der Waals surface area contributed by atoms with Crippen LogP contribution in [0.2, 0.25) is 0 Å². The fourth-order valence-corrected chi connectivity index (χ4v) is 6.33. The number of aromatic amines is 1. The highest BCUT2D eigenvalue weighted by molar-refractivity contribution is 7.96. The monoisotopic (exact) mass is 532 g/mol. The van der Waals surface area contributed by atoms with Crippen LogP contribution in [0.15, 0.2) is 71.9 Å². The molecule has 2 unspecified atom stereocenters. The molecule has 4 aromatic rings. The number of hydrogen-bond donors (Lipinski definition) is 4. The molecule has 1 amide bonds.